The van der Waals surface area contributed by atoms with Gasteiger partial charge in [-0.15, -0.1) is 0 Å². The molecule has 1 rings (SSSR count). The Morgan fingerprint density at radius 2 is 2.05 bits per heavy atom. The zero-order valence-corrected chi connectivity index (χ0v) is 12.0. The molecule has 0 bridgehead atoms. The molecular weight excluding hydrogens is 291 g/mol. The summed E-state index contributed by atoms with van der Waals surface area (Å²) >= 11 is 11.4. The number of carbonyl (C=O) groups is 2. The van der Waals surface area contributed by atoms with Gasteiger partial charge in [-0.25, -0.2) is 9.78 Å². The van der Waals surface area contributed by atoms with E-state index in [1.165, 1.54) is 12.3 Å². The lowest BCUT2D eigenvalue weighted by molar-refractivity contribution is -0.139. The van der Waals surface area contributed by atoms with Gasteiger partial charge in [0.15, 0.2) is 0 Å². The molecule has 5 nitrogen and oxygen atoms in total. The number of amides is 1. The third kappa shape index (κ3) is 4.69. The normalized spacial score (nSPS) is 12.3. The Hall–Kier alpha value is -1.33. The fourth-order valence-corrected chi connectivity index (χ4v) is 1.75. The first-order chi connectivity index (χ1) is 8.81. The summed E-state index contributed by atoms with van der Waals surface area (Å²) in [7, 11) is 0. The maximum absolute atomic E-state index is 11.9. The molecule has 2 N–H and O–H groups in total. The van der Waals surface area contributed by atoms with Gasteiger partial charge in [-0.1, -0.05) is 37.0 Å². The minimum atomic E-state index is -1.07. The Labute approximate surface area is 120 Å². The van der Waals surface area contributed by atoms with Crippen molar-refractivity contribution in [2.24, 2.45) is 5.92 Å². The third-order valence-electron chi connectivity index (χ3n) is 2.37. The molecule has 1 atom stereocenters. The van der Waals surface area contributed by atoms with E-state index in [2.05, 4.69) is 10.3 Å². The van der Waals surface area contributed by atoms with Crippen molar-refractivity contribution in [1.29, 1.82) is 0 Å². The summed E-state index contributed by atoms with van der Waals surface area (Å²) in [6.45, 7) is 3.76. The van der Waals surface area contributed by atoms with Crippen molar-refractivity contribution in [2.45, 2.75) is 26.3 Å². The number of carboxylic acids is 1. The van der Waals surface area contributed by atoms with Gasteiger partial charge in [-0.3, -0.25) is 4.79 Å². The molecule has 0 spiro atoms. The van der Waals surface area contributed by atoms with Crippen LogP contribution in [0.1, 0.15) is 30.6 Å². The van der Waals surface area contributed by atoms with E-state index in [-0.39, 0.29) is 21.7 Å². The van der Waals surface area contributed by atoms with Gasteiger partial charge in [0.05, 0.1) is 10.6 Å². The Morgan fingerprint density at radius 1 is 1.42 bits per heavy atom. The van der Waals surface area contributed by atoms with Gasteiger partial charge in [0.2, 0.25) is 0 Å². The summed E-state index contributed by atoms with van der Waals surface area (Å²) in [5.41, 5.74) is 0.171. The Bertz CT molecular complexity index is 492. The molecule has 19 heavy (non-hydrogen) atoms. The highest BCUT2D eigenvalue weighted by atomic mass is 35.5. The summed E-state index contributed by atoms with van der Waals surface area (Å²) in [4.78, 5) is 26.7. The van der Waals surface area contributed by atoms with Crippen molar-refractivity contribution in [3.63, 3.8) is 0 Å². The number of aliphatic carboxylic acids is 1. The van der Waals surface area contributed by atoms with Gasteiger partial charge in [0, 0.05) is 6.20 Å². The van der Waals surface area contributed by atoms with Crippen molar-refractivity contribution < 1.29 is 14.7 Å². The van der Waals surface area contributed by atoms with Crippen LogP contribution in [0.3, 0.4) is 0 Å². The molecular formula is C12H14Cl2N2O3. The highest BCUT2D eigenvalue weighted by Crippen LogP contribution is 2.19. The Balaban J connectivity index is 2.81. The molecule has 0 saturated carbocycles. The molecule has 0 aliphatic carbocycles. The molecule has 1 amide bonds. The minimum Gasteiger partial charge on any atom is -0.480 e. The van der Waals surface area contributed by atoms with Crippen molar-refractivity contribution in [1.82, 2.24) is 10.3 Å². The van der Waals surface area contributed by atoms with Crippen LogP contribution < -0.4 is 5.32 Å². The van der Waals surface area contributed by atoms with Gasteiger partial charge in [-0.05, 0) is 18.4 Å². The van der Waals surface area contributed by atoms with Crippen molar-refractivity contribution >= 4 is 35.1 Å². The number of hydrogen-bond acceptors (Lipinski definition) is 3. The van der Waals surface area contributed by atoms with Crippen molar-refractivity contribution in [3.05, 3.63) is 28.0 Å². The van der Waals surface area contributed by atoms with E-state index in [4.69, 9.17) is 28.3 Å². The van der Waals surface area contributed by atoms with Gasteiger partial charge >= 0.3 is 5.97 Å². The second kappa shape index (κ2) is 6.73. The highest BCUT2D eigenvalue weighted by molar-refractivity contribution is 6.41. The zero-order chi connectivity index (χ0) is 14.6. The molecule has 104 valence electrons. The number of nitrogens with zero attached hydrogens (tertiary/aromatic N) is 1. The largest absolute Gasteiger partial charge is 0.480 e. The molecule has 7 heteroatoms. The van der Waals surface area contributed by atoms with Crippen LogP contribution in [0.15, 0.2) is 12.3 Å². The Kier molecular flexibility index (Phi) is 5.57. The fourth-order valence-electron chi connectivity index (χ4n) is 1.48. The van der Waals surface area contributed by atoms with Gasteiger partial charge < -0.3 is 10.4 Å². The van der Waals surface area contributed by atoms with Crippen LogP contribution in [-0.2, 0) is 4.79 Å². The van der Waals surface area contributed by atoms with E-state index < -0.39 is 17.9 Å². The molecule has 1 heterocycles. The maximum Gasteiger partial charge on any atom is 0.326 e. The molecule has 0 saturated heterocycles. The van der Waals surface area contributed by atoms with E-state index in [0.29, 0.717) is 6.42 Å². The lowest BCUT2D eigenvalue weighted by atomic mass is 10.0. The number of hydrogen-bond donors (Lipinski definition) is 2. The van der Waals surface area contributed by atoms with Crippen LogP contribution in [0.2, 0.25) is 10.2 Å². The number of aromatic nitrogens is 1. The average Bonchev–Trinajstić information content (AvgIpc) is 2.31. The predicted octanol–water partition coefficient (Wildman–Crippen LogP) is 2.62. The first kappa shape index (κ1) is 15.7. The second-order valence-electron chi connectivity index (χ2n) is 4.49. The van der Waals surface area contributed by atoms with Crippen LogP contribution in [0.4, 0.5) is 0 Å². The predicted molar refractivity (Wildman–Crippen MR) is 72.6 cm³/mol. The standard InChI is InChI=1S/C12H14Cl2N2O3/c1-6(2)3-9(12(18)19)16-11(17)7-4-8(13)10(14)15-5-7/h4-6,9H,3H2,1-2H3,(H,16,17)(H,18,19)/t9-/m0/s1. The number of carboxylic acid groups (broad SMARTS) is 1. The monoisotopic (exact) mass is 304 g/mol. The molecule has 1 aromatic rings. The third-order valence-corrected chi connectivity index (χ3v) is 3.06. The summed E-state index contributed by atoms with van der Waals surface area (Å²) in [6, 6.07) is 0.405. The number of carbonyl (C=O) groups excluding carboxylic acids is 1. The number of rotatable bonds is 5. The molecule has 0 aliphatic rings. The lowest BCUT2D eigenvalue weighted by Crippen LogP contribution is -2.41. The van der Waals surface area contributed by atoms with Crippen molar-refractivity contribution in [2.75, 3.05) is 0 Å². The van der Waals surface area contributed by atoms with E-state index >= 15 is 0 Å². The first-order valence-electron chi connectivity index (χ1n) is 5.66. The zero-order valence-electron chi connectivity index (χ0n) is 10.5. The van der Waals surface area contributed by atoms with E-state index in [0.717, 1.165) is 0 Å². The van der Waals surface area contributed by atoms with E-state index in [9.17, 15) is 9.59 Å². The van der Waals surface area contributed by atoms with Crippen LogP contribution in [0.25, 0.3) is 0 Å². The molecule has 0 fully saturated rings. The van der Waals surface area contributed by atoms with Crippen molar-refractivity contribution in [3.8, 4) is 0 Å². The van der Waals surface area contributed by atoms with Gasteiger partial charge in [-0.2, -0.15) is 0 Å². The molecule has 0 unspecified atom stereocenters. The molecule has 0 aromatic carbocycles. The van der Waals surface area contributed by atoms with Crippen LogP contribution in [-0.4, -0.2) is 28.0 Å². The molecule has 1 aromatic heterocycles. The molecule has 0 radical (unpaired) electrons. The van der Waals surface area contributed by atoms with Crippen LogP contribution in [0, 0.1) is 5.92 Å². The maximum atomic E-state index is 11.9. The Morgan fingerprint density at radius 3 is 2.53 bits per heavy atom. The van der Waals surface area contributed by atoms with E-state index in [1.54, 1.807) is 0 Å². The number of nitrogens with one attached hydrogen (secondary N) is 1. The average molecular weight is 305 g/mol. The van der Waals surface area contributed by atoms with E-state index in [1.807, 2.05) is 13.8 Å². The van der Waals surface area contributed by atoms with Gasteiger partial charge in [0.25, 0.3) is 5.91 Å². The topological polar surface area (TPSA) is 79.3 Å². The number of pyridine rings is 1. The summed E-state index contributed by atoms with van der Waals surface area (Å²) < 4.78 is 0. The smallest absolute Gasteiger partial charge is 0.326 e. The van der Waals surface area contributed by atoms with Crippen LogP contribution >= 0.6 is 23.2 Å². The number of halogens is 2. The highest BCUT2D eigenvalue weighted by Gasteiger charge is 2.22. The minimum absolute atomic E-state index is 0.0928. The lowest BCUT2D eigenvalue weighted by Gasteiger charge is -2.16. The quantitative estimate of drug-likeness (QED) is 0.820. The fraction of sp³-hybridized carbons (Fsp3) is 0.417. The summed E-state index contributed by atoms with van der Waals surface area (Å²) in [5.74, 6) is -1.47. The van der Waals surface area contributed by atoms with Gasteiger partial charge in [0.1, 0.15) is 11.2 Å². The summed E-state index contributed by atoms with van der Waals surface area (Å²) in [6.07, 6.45) is 1.59. The molecule has 0 aliphatic heterocycles. The SMILES string of the molecule is CC(C)C[C@H](NC(=O)c1cnc(Cl)c(Cl)c1)C(=O)O. The summed E-state index contributed by atoms with van der Waals surface area (Å²) in [5, 5.41) is 11.7. The first-order valence-corrected chi connectivity index (χ1v) is 6.41. The van der Waals surface area contributed by atoms with Crippen LogP contribution in [0.5, 0.6) is 0 Å². The second-order valence-corrected chi connectivity index (χ2v) is 5.26.